The van der Waals surface area contributed by atoms with Crippen LogP contribution < -0.4 is 10.6 Å². The van der Waals surface area contributed by atoms with Gasteiger partial charge in [-0.1, -0.05) is 25.0 Å². The molecular formula is C23H29N5O3S. The van der Waals surface area contributed by atoms with E-state index in [-0.39, 0.29) is 36.0 Å². The molecule has 8 nitrogen and oxygen atoms in total. The average Bonchev–Trinajstić information content (AvgIpc) is 3.46. The van der Waals surface area contributed by atoms with E-state index in [2.05, 4.69) is 15.7 Å². The molecule has 0 unspecified atom stereocenters. The van der Waals surface area contributed by atoms with E-state index in [1.54, 1.807) is 25.7 Å². The number of benzene rings is 1. The standard InChI is InChI=1S/C23H29N5O3S/c1-23(22(31)25-16-6-4-5-7-16)14-28-19(21(30)27(23)2)12-18(26-28)20(29)24-13-15-8-10-17(32-3)11-9-15/h8-12,16H,4-7,13-14H2,1-3H3,(H,24,29)(H,25,31)/t23-/m1/s1. The Kier molecular flexibility index (Phi) is 6.28. The van der Waals surface area contributed by atoms with E-state index < -0.39 is 5.54 Å². The van der Waals surface area contributed by atoms with Crippen molar-refractivity contribution < 1.29 is 14.4 Å². The lowest BCUT2D eigenvalue weighted by Crippen LogP contribution is -2.63. The highest BCUT2D eigenvalue weighted by Gasteiger charge is 2.46. The molecule has 32 heavy (non-hydrogen) atoms. The molecule has 1 aliphatic heterocycles. The highest BCUT2D eigenvalue weighted by Crippen LogP contribution is 2.27. The molecule has 1 aromatic carbocycles. The van der Waals surface area contributed by atoms with Crippen LogP contribution in [0.4, 0.5) is 0 Å². The summed E-state index contributed by atoms with van der Waals surface area (Å²) in [6.45, 7) is 2.31. The van der Waals surface area contributed by atoms with E-state index in [0.29, 0.717) is 12.2 Å². The van der Waals surface area contributed by atoms with Crippen molar-refractivity contribution in [3.8, 4) is 0 Å². The second-order valence-electron chi connectivity index (χ2n) is 8.70. The largest absolute Gasteiger partial charge is 0.351 e. The summed E-state index contributed by atoms with van der Waals surface area (Å²) >= 11 is 1.66. The van der Waals surface area contributed by atoms with Crippen LogP contribution in [-0.2, 0) is 17.9 Å². The number of carbonyl (C=O) groups excluding carboxylic acids is 3. The lowest BCUT2D eigenvalue weighted by atomic mass is 9.95. The van der Waals surface area contributed by atoms with Crippen LogP contribution in [0.2, 0.25) is 0 Å². The Labute approximate surface area is 192 Å². The molecule has 170 valence electrons. The van der Waals surface area contributed by atoms with Crippen molar-refractivity contribution in [2.75, 3.05) is 13.3 Å². The van der Waals surface area contributed by atoms with Crippen LogP contribution in [0.15, 0.2) is 35.2 Å². The van der Waals surface area contributed by atoms with Gasteiger partial charge in [-0.15, -0.1) is 11.8 Å². The molecule has 9 heteroatoms. The number of fused-ring (bicyclic) bond motifs is 1. The van der Waals surface area contributed by atoms with Gasteiger partial charge in [0.05, 0.1) is 6.54 Å². The third kappa shape index (κ3) is 4.26. The van der Waals surface area contributed by atoms with E-state index >= 15 is 0 Å². The molecule has 1 aromatic heterocycles. The molecule has 2 aliphatic rings. The maximum atomic E-state index is 13.1. The second kappa shape index (κ2) is 8.97. The summed E-state index contributed by atoms with van der Waals surface area (Å²) in [6, 6.07) is 9.61. The van der Waals surface area contributed by atoms with Gasteiger partial charge in [-0.05, 0) is 43.7 Å². The molecule has 1 aliphatic carbocycles. The number of carbonyl (C=O) groups is 3. The molecule has 3 amide bonds. The van der Waals surface area contributed by atoms with Crippen molar-refractivity contribution in [1.82, 2.24) is 25.3 Å². The Morgan fingerprint density at radius 1 is 1.22 bits per heavy atom. The summed E-state index contributed by atoms with van der Waals surface area (Å²) in [5.74, 6) is -0.853. The zero-order valence-electron chi connectivity index (χ0n) is 18.7. The molecule has 0 spiro atoms. The highest BCUT2D eigenvalue weighted by molar-refractivity contribution is 7.98. The van der Waals surface area contributed by atoms with Gasteiger partial charge in [-0.25, -0.2) is 0 Å². The van der Waals surface area contributed by atoms with Gasteiger partial charge in [-0.3, -0.25) is 19.1 Å². The van der Waals surface area contributed by atoms with Gasteiger partial charge >= 0.3 is 0 Å². The Morgan fingerprint density at radius 3 is 2.56 bits per heavy atom. The predicted octanol–water partition coefficient (Wildman–Crippen LogP) is 2.44. The first kappa shape index (κ1) is 22.4. The quantitative estimate of drug-likeness (QED) is 0.653. The zero-order chi connectivity index (χ0) is 22.9. The fraction of sp³-hybridized carbons (Fsp3) is 0.478. The van der Waals surface area contributed by atoms with Crippen LogP contribution in [0.5, 0.6) is 0 Å². The summed E-state index contributed by atoms with van der Waals surface area (Å²) in [5.41, 5.74) is 0.397. The predicted molar refractivity (Wildman–Crippen MR) is 123 cm³/mol. The maximum absolute atomic E-state index is 13.1. The molecule has 2 N–H and O–H groups in total. The Morgan fingerprint density at radius 2 is 1.91 bits per heavy atom. The molecule has 4 rings (SSSR count). The van der Waals surface area contributed by atoms with Crippen LogP contribution in [0.3, 0.4) is 0 Å². The number of nitrogens with one attached hydrogen (secondary N) is 2. The number of nitrogens with zero attached hydrogens (tertiary/aromatic N) is 3. The zero-order valence-corrected chi connectivity index (χ0v) is 19.5. The summed E-state index contributed by atoms with van der Waals surface area (Å²) in [4.78, 5) is 41.4. The van der Waals surface area contributed by atoms with Crippen molar-refractivity contribution in [3.05, 3.63) is 47.3 Å². The van der Waals surface area contributed by atoms with Crippen LogP contribution in [-0.4, -0.2) is 57.3 Å². The number of amides is 3. The molecule has 1 fully saturated rings. The van der Waals surface area contributed by atoms with Crippen molar-refractivity contribution in [3.63, 3.8) is 0 Å². The van der Waals surface area contributed by atoms with Crippen LogP contribution in [0, 0.1) is 0 Å². The van der Waals surface area contributed by atoms with Crippen molar-refractivity contribution in [2.24, 2.45) is 0 Å². The summed E-state index contributed by atoms with van der Waals surface area (Å²) in [5, 5.41) is 10.3. The average molecular weight is 456 g/mol. The first-order valence-electron chi connectivity index (χ1n) is 10.9. The number of thioether (sulfide) groups is 1. The first-order chi connectivity index (χ1) is 15.3. The van der Waals surface area contributed by atoms with Crippen LogP contribution >= 0.6 is 11.8 Å². The van der Waals surface area contributed by atoms with E-state index in [1.807, 2.05) is 30.5 Å². The SMILES string of the molecule is CSc1ccc(CNC(=O)c2cc3n(n2)C[C@](C)(C(=O)NC2CCCC2)N(C)C3=O)cc1. The summed E-state index contributed by atoms with van der Waals surface area (Å²) in [7, 11) is 1.63. The number of rotatable bonds is 6. The number of likely N-dealkylation sites (N-methyl/N-ethyl adjacent to an activating group) is 1. The topological polar surface area (TPSA) is 96.3 Å². The minimum Gasteiger partial charge on any atom is -0.351 e. The number of hydrogen-bond acceptors (Lipinski definition) is 5. The van der Waals surface area contributed by atoms with E-state index in [1.165, 1.54) is 15.6 Å². The maximum Gasteiger partial charge on any atom is 0.272 e. The minimum absolute atomic E-state index is 0.160. The lowest BCUT2D eigenvalue weighted by molar-refractivity contribution is -0.133. The van der Waals surface area contributed by atoms with Gasteiger partial charge in [0.1, 0.15) is 11.2 Å². The minimum atomic E-state index is -1.06. The molecule has 1 atom stereocenters. The van der Waals surface area contributed by atoms with E-state index in [0.717, 1.165) is 36.1 Å². The van der Waals surface area contributed by atoms with Gasteiger partial charge in [0.15, 0.2) is 5.69 Å². The van der Waals surface area contributed by atoms with Crippen LogP contribution in [0.1, 0.15) is 59.1 Å². The molecular weight excluding hydrogens is 426 g/mol. The molecule has 0 saturated heterocycles. The van der Waals surface area contributed by atoms with Gasteiger partial charge in [0.2, 0.25) is 5.91 Å². The normalized spacial score (nSPS) is 20.8. The molecule has 0 radical (unpaired) electrons. The van der Waals surface area contributed by atoms with Crippen molar-refractivity contribution in [1.29, 1.82) is 0 Å². The van der Waals surface area contributed by atoms with Crippen molar-refractivity contribution in [2.45, 2.75) is 62.2 Å². The summed E-state index contributed by atoms with van der Waals surface area (Å²) in [6.07, 6.45) is 6.17. The third-order valence-corrected chi connectivity index (χ3v) is 7.27. The Balaban J connectivity index is 1.46. The molecule has 0 bridgehead atoms. The Hall–Kier alpha value is -2.81. The van der Waals surface area contributed by atoms with E-state index in [9.17, 15) is 14.4 Å². The van der Waals surface area contributed by atoms with Gasteiger partial charge in [0.25, 0.3) is 11.8 Å². The summed E-state index contributed by atoms with van der Waals surface area (Å²) < 4.78 is 1.48. The van der Waals surface area contributed by atoms with Gasteiger partial charge in [-0.2, -0.15) is 5.10 Å². The number of aromatic nitrogens is 2. The highest BCUT2D eigenvalue weighted by atomic mass is 32.2. The van der Waals surface area contributed by atoms with Gasteiger partial charge < -0.3 is 15.5 Å². The van der Waals surface area contributed by atoms with Gasteiger partial charge in [0, 0.05) is 30.6 Å². The molecule has 1 saturated carbocycles. The second-order valence-corrected chi connectivity index (χ2v) is 9.58. The van der Waals surface area contributed by atoms with Crippen molar-refractivity contribution >= 4 is 29.5 Å². The van der Waals surface area contributed by atoms with Crippen LogP contribution in [0.25, 0.3) is 0 Å². The lowest BCUT2D eigenvalue weighted by Gasteiger charge is -2.41. The van der Waals surface area contributed by atoms with E-state index in [4.69, 9.17) is 0 Å². The third-order valence-electron chi connectivity index (χ3n) is 6.53. The smallest absolute Gasteiger partial charge is 0.272 e. The Bertz CT molecular complexity index is 1030. The molecule has 2 aromatic rings. The fourth-order valence-corrected chi connectivity index (χ4v) is 4.67. The fourth-order valence-electron chi connectivity index (χ4n) is 4.27. The molecule has 2 heterocycles. The monoisotopic (exact) mass is 455 g/mol. The first-order valence-corrected chi connectivity index (χ1v) is 12.1. The number of hydrogen-bond donors (Lipinski definition) is 2.